The summed E-state index contributed by atoms with van der Waals surface area (Å²) in [5.74, 6) is 0.178. The SMILES string of the molecule is CC(C)(C)OC(=O)N1C2CC(=O)CC1CC(O)C2. The number of hydrogen-bond donors (Lipinski definition) is 1. The van der Waals surface area contributed by atoms with Gasteiger partial charge in [0.25, 0.3) is 0 Å². The first-order valence-corrected chi connectivity index (χ1v) is 6.47. The van der Waals surface area contributed by atoms with Crippen LogP contribution >= 0.6 is 0 Å². The van der Waals surface area contributed by atoms with E-state index in [9.17, 15) is 14.7 Å². The lowest BCUT2D eigenvalue weighted by Crippen LogP contribution is -2.58. The predicted molar refractivity (Wildman–Crippen MR) is 65.1 cm³/mol. The van der Waals surface area contributed by atoms with Gasteiger partial charge in [-0.25, -0.2) is 4.79 Å². The molecule has 5 heteroatoms. The Labute approximate surface area is 107 Å². The summed E-state index contributed by atoms with van der Waals surface area (Å²) in [6.45, 7) is 5.47. The molecule has 5 nitrogen and oxygen atoms in total. The number of fused-ring (bicyclic) bond motifs is 2. The third-order valence-corrected chi connectivity index (χ3v) is 3.41. The van der Waals surface area contributed by atoms with Gasteiger partial charge in [0.1, 0.15) is 11.4 Å². The van der Waals surface area contributed by atoms with Crippen molar-refractivity contribution in [1.82, 2.24) is 4.90 Å². The normalized spacial score (nSPS) is 32.3. The molecule has 2 aliphatic rings. The van der Waals surface area contributed by atoms with Gasteiger partial charge in [-0.1, -0.05) is 0 Å². The molecule has 0 aromatic carbocycles. The van der Waals surface area contributed by atoms with E-state index in [0.29, 0.717) is 25.7 Å². The molecule has 2 rings (SSSR count). The summed E-state index contributed by atoms with van der Waals surface area (Å²) >= 11 is 0. The highest BCUT2D eigenvalue weighted by Crippen LogP contribution is 2.33. The van der Waals surface area contributed by atoms with E-state index in [1.807, 2.05) is 20.8 Å². The van der Waals surface area contributed by atoms with Crippen LogP contribution in [0.2, 0.25) is 0 Å². The van der Waals surface area contributed by atoms with E-state index in [1.165, 1.54) is 0 Å². The number of rotatable bonds is 0. The minimum absolute atomic E-state index is 0.178. The van der Waals surface area contributed by atoms with Gasteiger partial charge in [0, 0.05) is 24.9 Å². The summed E-state index contributed by atoms with van der Waals surface area (Å²) in [7, 11) is 0. The number of amides is 1. The lowest BCUT2D eigenvalue weighted by Gasteiger charge is -2.46. The quantitative estimate of drug-likeness (QED) is 0.712. The lowest BCUT2D eigenvalue weighted by atomic mass is 9.82. The fraction of sp³-hybridized carbons (Fsp3) is 0.846. The van der Waals surface area contributed by atoms with Gasteiger partial charge in [0.05, 0.1) is 6.10 Å². The van der Waals surface area contributed by atoms with Crippen LogP contribution in [0.3, 0.4) is 0 Å². The molecular formula is C13H21NO4. The maximum Gasteiger partial charge on any atom is 0.410 e. The molecule has 18 heavy (non-hydrogen) atoms. The Bertz CT molecular complexity index is 342. The van der Waals surface area contributed by atoms with Crippen molar-refractivity contribution in [3.63, 3.8) is 0 Å². The van der Waals surface area contributed by atoms with Crippen molar-refractivity contribution < 1.29 is 19.4 Å². The molecule has 102 valence electrons. The van der Waals surface area contributed by atoms with E-state index in [4.69, 9.17) is 4.74 Å². The topological polar surface area (TPSA) is 66.8 Å². The molecule has 0 aliphatic carbocycles. The van der Waals surface area contributed by atoms with Gasteiger partial charge >= 0.3 is 6.09 Å². The van der Waals surface area contributed by atoms with Gasteiger partial charge in [0.2, 0.25) is 0 Å². The molecule has 2 bridgehead atoms. The summed E-state index contributed by atoms with van der Waals surface area (Å²) in [5.41, 5.74) is -0.536. The van der Waals surface area contributed by atoms with Crippen molar-refractivity contribution in [2.75, 3.05) is 0 Å². The second kappa shape index (κ2) is 4.53. The van der Waals surface area contributed by atoms with Crippen molar-refractivity contribution in [2.45, 2.75) is 70.2 Å². The summed E-state index contributed by atoms with van der Waals surface area (Å²) < 4.78 is 5.38. The number of aliphatic hydroxyl groups is 1. The number of nitrogens with zero attached hydrogens (tertiary/aromatic N) is 1. The molecule has 2 unspecified atom stereocenters. The Morgan fingerprint density at radius 2 is 1.78 bits per heavy atom. The van der Waals surface area contributed by atoms with Crippen molar-refractivity contribution in [3.8, 4) is 0 Å². The van der Waals surface area contributed by atoms with Crippen molar-refractivity contribution in [2.24, 2.45) is 0 Å². The van der Waals surface area contributed by atoms with Crippen LogP contribution in [-0.2, 0) is 9.53 Å². The number of ketones is 1. The third kappa shape index (κ3) is 2.83. The largest absolute Gasteiger partial charge is 0.444 e. The molecule has 0 spiro atoms. The Balaban J connectivity index is 2.12. The van der Waals surface area contributed by atoms with E-state index in [2.05, 4.69) is 0 Å². The fourth-order valence-electron chi connectivity index (χ4n) is 2.83. The van der Waals surface area contributed by atoms with Crippen LogP contribution in [0.5, 0.6) is 0 Å². The van der Waals surface area contributed by atoms with Crippen molar-refractivity contribution in [1.29, 1.82) is 0 Å². The number of carbonyl (C=O) groups excluding carboxylic acids is 2. The number of aliphatic hydroxyl groups excluding tert-OH is 1. The van der Waals surface area contributed by atoms with Crippen LogP contribution in [0.1, 0.15) is 46.5 Å². The Kier molecular flexibility index (Phi) is 3.36. The molecule has 0 saturated carbocycles. The monoisotopic (exact) mass is 255 g/mol. The maximum absolute atomic E-state index is 12.2. The first kappa shape index (κ1) is 13.3. The predicted octanol–water partition coefficient (Wildman–Crippen LogP) is 1.48. The average Bonchev–Trinajstić information content (AvgIpc) is 2.11. The summed E-state index contributed by atoms with van der Waals surface area (Å²) in [4.78, 5) is 25.4. The van der Waals surface area contributed by atoms with Crippen molar-refractivity contribution in [3.05, 3.63) is 0 Å². The second-order valence-electron chi connectivity index (χ2n) is 6.27. The number of ether oxygens (including phenoxy) is 1. The molecular weight excluding hydrogens is 234 g/mol. The maximum atomic E-state index is 12.2. The lowest BCUT2D eigenvalue weighted by molar-refractivity contribution is -0.128. The van der Waals surface area contributed by atoms with Gasteiger partial charge in [-0.05, 0) is 33.6 Å². The summed E-state index contributed by atoms with van der Waals surface area (Å²) in [5, 5.41) is 9.74. The van der Waals surface area contributed by atoms with E-state index < -0.39 is 11.7 Å². The molecule has 2 saturated heterocycles. The number of piperidine rings is 2. The van der Waals surface area contributed by atoms with Gasteiger partial charge in [0.15, 0.2) is 0 Å². The van der Waals surface area contributed by atoms with E-state index in [0.717, 1.165) is 0 Å². The van der Waals surface area contributed by atoms with Crippen LogP contribution in [0, 0.1) is 0 Å². The molecule has 2 aliphatic heterocycles. The molecule has 2 atom stereocenters. The fourth-order valence-corrected chi connectivity index (χ4v) is 2.83. The van der Waals surface area contributed by atoms with E-state index >= 15 is 0 Å². The Hall–Kier alpha value is -1.10. The molecule has 0 radical (unpaired) electrons. The molecule has 1 amide bonds. The molecule has 1 N–H and O–H groups in total. The standard InChI is InChI=1S/C13H21NO4/c1-13(2,3)18-12(17)14-8-4-10(15)6-9(14)7-11(16)5-8/h8-10,15H,4-7H2,1-3H3. The minimum Gasteiger partial charge on any atom is -0.444 e. The summed E-state index contributed by atoms with van der Waals surface area (Å²) in [6.07, 6.45) is 0.853. The molecule has 2 heterocycles. The Morgan fingerprint density at radius 1 is 1.28 bits per heavy atom. The minimum atomic E-state index is -0.536. The molecule has 0 aromatic heterocycles. The first-order valence-electron chi connectivity index (χ1n) is 6.47. The van der Waals surface area contributed by atoms with Gasteiger partial charge in [-0.2, -0.15) is 0 Å². The highest BCUT2D eigenvalue weighted by atomic mass is 16.6. The smallest absolute Gasteiger partial charge is 0.410 e. The zero-order valence-corrected chi connectivity index (χ0v) is 11.2. The van der Waals surface area contributed by atoms with Crippen LogP contribution in [0.4, 0.5) is 4.79 Å². The highest BCUT2D eigenvalue weighted by Gasteiger charge is 2.44. The number of hydrogen-bond acceptors (Lipinski definition) is 4. The van der Waals surface area contributed by atoms with Crippen LogP contribution in [-0.4, -0.2) is 45.7 Å². The van der Waals surface area contributed by atoms with Crippen LogP contribution < -0.4 is 0 Å². The van der Waals surface area contributed by atoms with Crippen molar-refractivity contribution >= 4 is 11.9 Å². The van der Waals surface area contributed by atoms with Gasteiger partial charge < -0.3 is 14.7 Å². The van der Waals surface area contributed by atoms with E-state index in [-0.39, 0.29) is 24.0 Å². The molecule has 0 aromatic rings. The summed E-state index contributed by atoms with van der Waals surface area (Å²) in [6, 6.07) is -0.398. The molecule has 2 fully saturated rings. The van der Waals surface area contributed by atoms with Gasteiger partial charge in [-0.15, -0.1) is 0 Å². The number of carbonyl (C=O) groups is 2. The highest BCUT2D eigenvalue weighted by molar-refractivity contribution is 5.83. The third-order valence-electron chi connectivity index (χ3n) is 3.41. The van der Waals surface area contributed by atoms with E-state index in [1.54, 1.807) is 4.90 Å². The second-order valence-corrected chi connectivity index (χ2v) is 6.27. The van der Waals surface area contributed by atoms with Crippen LogP contribution in [0.25, 0.3) is 0 Å². The zero-order chi connectivity index (χ0) is 13.5. The Morgan fingerprint density at radius 3 is 2.22 bits per heavy atom. The average molecular weight is 255 g/mol. The number of Topliss-reactive ketones (excluding diaryl/α,β-unsaturated/α-hetero) is 1. The van der Waals surface area contributed by atoms with Crippen LogP contribution in [0.15, 0.2) is 0 Å². The zero-order valence-electron chi connectivity index (χ0n) is 11.2. The van der Waals surface area contributed by atoms with Gasteiger partial charge in [-0.3, -0.25) is 4.79 Å². The first-order chi connectivity index (χ1) is 8.26.